The van der Waals surface area contributed by atoms with E-state index in [0.29, 0.717) is 28.3 Å². The molecule has 5 rings (SSSR count). The minimum atomic E-state index is 0.114. The van der Waals surface area contributed by atoms with Gasteiger partial charge in [-0.3, -0.25) is 9.36 Å². The summed E-state index contributed by atoms with van der Waals surface area (Å²) < 4.78 is 2.01. The fourth-order valence-corrected chi connectivity index (χ4v) is 5.11. The molecule has 2 heterocycles. The molecule has 2 fully saturated rings. The van der Waals surface area contributed by atoms with Crippen molar-refractivity contribution >= 4 is 22.5 Å². The second-order valence-electron chi connectivity index (χ2n) is 9.93. The van der Waals surface area contributed by atoms with Crippen molar-refractivity contribution in [1.82, 2.24) is 14.5 Å². The lowest BCUT2D eigenvalue weighted by Crippen LogP contribution is -2.42. The molecular formula is C27H32ClN3O. The zero-order valence-corrected chi connectivity index (χ0v) is 19.8. The molecule has 1 saturated heterocycles. The summed E-state index contributed by atoms with van der Waals surface area (Å²) in [6, 6.07) is 14.4. The van der Waals surface area contributed by atoms with Crippen LogP contribution in [0.15, 0.2) is 47.3 Å². The average Bonchev–Trinajstić information content (AvgIpc) is 3.61. The molecule has 1 saturated carbocycles. The first kappa shape index (κ1) is 21.7. The maximum absolute atomic E-state index is 13.8. The van der Waals surface area contributed by atoms with Gasteiger partial charge < -0.3 is 4.90 Å². The zero-order valence-electron chi connectivity index (χ0n) is 19.1. The van der Waals surface area contributed by atoms with Gasteiger partial charge in [-0.05, 0) is 93.3 Å². The van der Waals surface area contributed by atoms with Crippen LogP contribution in [0.1, 0.15) is 45.4 Å². The van der Waals surface area contributed by atoms with Gasteiger partial charge in [-0.1, -0.05) is 29.8 Å². The normalized spacial score (nSPS) is 19.7. The second kappa shape index (κ2) is 8.99. The molecule has 168 valence electrons. The summed E-state index contributed by atoms with van der Waals surface area (Å²) in [5.74, 6) is 2.17. The molecule has 1 aromatic heterocycles. The van der Waals surface area contributed by atoms with Crippen molar-refractivity contribution in [3.63, 3.8) is 0 Å². The molecule has 0 radical (unpaired) electrons. The summed E-state index contributed by atoms with van der Waals surface area (Å²) in [6.45, 7) is 7.54. The summed E-state index contributed by atoms with van der Waals surface area (Å²) in [6.07, 6.45) is 5.82. The first-order valence-corrected chi connectivity index (χ1v) is 12.4. The number of piperidine rings is 1. The minimum Gasteiger partial charge on any atom is -0.301 e. The number of nitrogens with zero attached hydrogens (tertiary/aromatic N) is 3. The standard InChI is InChI=1S/C27H32ClN3O/c1-18(2)30-13-3-4-20(16-30)17-31-26(14-19-5-6-19)29-25-12-9-22(15-24(25)27(31)32)21-7-10-23(28)11-8-21/h7-12,15,18-20H,3-6,13-14,16-17H2,1-2H3/t20-/m0/s1. The first-order valence-electron chi connectivity index (χ1n) is 12.0. The Balaban J connectivity index is 1.53. The van der Waals surface area contributed by atoms with E-state index in [1.54, 1.807) is 0 Å². The van der Waals surface area contributed by atoms with Gasteiger partial charge in [0.25, 0.3) is 5.56 Å². The van der Waals surface area contributed by atoms with E-state index >= 15 is 0 Å². The monoisotopic (exact) mass is 449 g/mol. The Labute approximate surface area is 195 Å². The number of hydrogen-bond acceptors (Lipinski definition) is 3. The maximum Gasteiger partial charge on any atom is 0.261 e. The maximum atomic E-state index is 13.8. The first-order chi connectivity index (χ1) is 15.5. The van der Waals surface area contributed by atoms with E-state index in [1.807, 2.05) is 41.0 Å². The molecule has 3 aromatic rings. The van der Waals surface area contributed by atoms with E-state index in [-0.39, 0.29) is 5.56 Å². The van der Waals surface area contributed by atoms with Crippen LogP contribution in [-0.2, 0) is 13.0 Å². The number of fused-ring (bicyclic) bond motifs is 1. The lowest BCUT2D eigenvalue weighted by atomic mass is 9.96. The highest BCUT2D eigenvalue weighted by atomic mass is 35.5. The van der Waals surface area contributed by atoms with E-state index in [1.165, 1.54) is 32.2 Å². The summed E-state index contributed by atoms with van der Waals surface area (Å²) in [7, 11) is 0. The molecule has 0 spiro atoms. The molecule has 0 bridgehead atoms. The van der Waals surface area contributed by atoms with E-state index in [0.717, 1.165) is 42.0 Å². The van der Waals surface area contributed by atoms with Crippen LogP contribution in [0.25, 0.3) is 22.0 Å². The smallest absolute Gasteiger partial charge is 0.261 e. The van der Waals surface area contributed by atoms with E-state index in [4.69, 9.17) is 16.6 Å². The predicted octanol–water partition coefficient (Wildman–Crippen LogP) is 5.79. The Morgan fingerprint density at radius 1 is 1.03 bits per heavy atom. The van der Waals surface area contributed by atoms with E-state index in [2.05, 4.69) is 24.8 Å². The van der Waals surface area contributed by atoms with Crippen LogP contribution in [0.3, 0.4) is 0 Å². The summed E-state index contributed by atoms with van der Waals surface area (Å²) >= 11 is 6.06. The van der Waals surface area contributed by atoms with Crippen LogP contribution in [0, 0.1) is 11.8 Å². The number of hydrogen-bond donors (Lipinski definition) is 0. The largest absolute Gasteiger partial charge is 0.301 e. The molecular weight excluding hydrogens is 418 g/mol. The molecule has 1 aliphatic carbocycles. The number of halogens is 1. The quantitative estimate of drug-likeness (QED) is 0.478. The molecule has 1 atom stereocenters. The Morgan fingerprint density at radius 3 is 2.50 bits per heavy atom. The molecule has 1 aliphatic heterocycles. The molecule has 0 N–H and O–H groups in total. The Bertz CT molecular complexity index is 1160. The molecule has 2 aliphatic rings. The zero-order chi connectivity index (χ0) is 22.2. The van der Waals surface area contributed by atoms with E-state index < -0.39 is 0 Å². The molecule has 5 heteroatoms. The highest BCUT2D eigenvalue weighted by molar-refractivity contribution is 6.30. The Morgan fingerprint density at radius 2 is 1.78 bits per heavy atom. The molecule has 0 amide bonds. The molecule has 4 nitrogen and oxygen atoms in total. The summed E-state index contributed by atoms with van der Waals surface area (Å²) in [5.41, 5.74) is 3.01. The number of likely N-dealkylation sites (tertiary alicyclic amines) is 1. The molecule has 0 unspecified atom stereocenters. The van der Waals surface area contributed by atoms with Crippen molar-refractivity contribution in [3.8, 4) is 11.1 Å². The Hall–Kier alpha value is -2.17. The lowest BCUT2D eigenvalue weighted by molar-refractivity contribution is 0.129. The van der Waals surface area contributed by atoms with Gasteiger partial charge in [0.05, 0.1) is 10.9 Å². The topological polar surface area (TPSA) is 38.1 Å². The summed E-state index contributed by atoms with van der Waals surface area (Å²) in [4.78, 5) is 21.3. The van der Waals surface area contributed by atoms with Crippen molar-refractivity contribution in [2.24, 2.45) is 11.8 Å². The van der Waals surface area contributed by atoms with Gasteiger partial charge >= 0.3 is 0 Å². The fourth-order valence-electron chi connectivity index (χ4n) is 4.99. The molecule has 32 heavy (non-hydrogen) atoms. The highest BCUT2D eigenvalue weighted by Crippen LogP contribution is 2.33. The van der Waals surface area contributed by atoms with Crippen LogP contribution in [0.5, 0.6) is 0 Å². The van der Waals surface area contributed by atoms with Gasteiger partial charge in [0.15, 0.2) is 0 Å². The van der Waals surface area contributed by atoms with Crippen molar-refractivity contribution in [2.45, 2.75) is 58.5 Å². The van der Waals surface area contributed by atoms with Gasteiger partial charge in [-0.25, -0.2) is 4.98 Å². The van der Waals surface area contributed by atoms with Crippen LogP contribution in [0.2, 0.25) is 5.02 Å². The van der Waals surface area contributed by atoms with Gasteiger partial charge in [0.1, 0.15) is 5.82 Å². The SMILES string of the molecule is CC(C)N1CCC[C@H](Cn2c(CC3CC3)nc3ccc(-c4ccc(Cl)cc4)cc3c2=O)C1. The predicted molar refractivity (Wildman–Crippen MR) is 132 cm³/mol. The van der Waals surface area contributed by atoms with Crippen molar-refractivity contribution in [1.29, 1.82) is 0 Å². The minimum absolute atomic E-state index is 0.114. The van der Waals surface area contributed by atoms with E-state index in [9.17, 15) is 4.79 Å². The highest BCUT2D eigenvalue weighted by Gasteiger charge is 2.27. The third kappa shape index (κ3) is 4.62. The van der Waals surface area contributed by atoms with Gasteiger partial charge in [-0.15, -0.1) is 0 Å². The third-order valence-corrected chi connectivity index (χ3v) is 7.35. The van der Waals surface area contributed by atoms with Crippen molar-refractivity contribution in [2.75, 3.05) is 13.1 Å². The van der Waals surface area contributed by atoms with Crippen LogP contribution in [-0.4, -0.2) is 33.6 Å². The second-order valence-corrected chi connectivity index (χ2v) is 10.4. The number of aromatic nitrogens is 2. The average molecular weight is 450 g/mol. The fraction of sp³-hybridized carbons (Fsp3) is 0.481. The van der Waals surface area contributed by atoms with Crippen molar-refractivity contribution in [3.05, 3.63) is 63.7 Å². The number of benzene rings is 2. The Kier molecular flexibility index (Phi) is 6.09. The van der Waals surface area contributed by atoms with Gasteiger partial charge in [0, 0.05) is 30.6 Å². The summed E-state index contributed by atoms with van der Waals surface area (Å²) in [5, 5.41) is 1.43. The lowest BCUT2D eigenvalue weighted by Gasteiger charge is -2.35. The van der Waals surface area contributed by atoms with Gasteiger partial charge in [-0.2, -0.15) is 0 Å². The van der Waals surface area contributed by atoms with Gasteiger partial charge in [0.2, 0.25) is 0 Å². The molecule has 2 aromatic carbocycles. The van der Waals surface area contributed by atoms with Crippen molar-refractivity contribution < 1.29 is 0 Å². The van der Waals surface area contributed by atoms with Crippen LogP contribution < -0.4 is 5.56 Å². The van der Waals surface area contributed by atoms with Crippen LogP contribution >= 0.6 is 11.6 Å². The number of rotatable bonds is 6. The van der Waals surface area contributed by atoms with Crippen LogP contribution in [0.4, 0.5) is 0 Å². The third-order valence-electron chi connectivity index (χ3n) is 7.10.